The largest absolute Gasteiger partial charge is 0.477 e. The summed E-state index contributed by atoms with van der Waals surface area (Å²) in [5, 5.41) is 4.01. The molecule has 0 N–H and O–H groups in total. The van der Waals surface area contributed by atoms with E-state index in [-0.39, 0.29) is 17.9 Å². The second-order valence-electron chi connectivity index (χ2n) is 6.09. The zero-order chi connectivity index (χ0) is 17.1. The number of aromatic nitrogens is 3. The standard InChI is InChI=1S/C17H22N4O3/c1-4-23-15-12(7-5-9-18-15)17(22)21-10-6-8-13(21)16-19-14(11(2)3)20-24-16/h5,7,9,11,13H,4,6,8,10H2,1-3H3/t13-/m0/s1. The normalized spacial score (nSPS) is 17.5. The van der Waals surface area contributed by atoms with E-state index in [1.54, 1.807) is 23.2 Å². The molecule has 0 bridgehead atoms. The number of rotatable bonds is 5. The van der Waals surface area contributed by atoms with Gasteiger partial charge in [-0.05, 0) is 31.9 Å². The Labute approximate surface area is 141 Å². The van der Waals surface area contributed by atoms with Gasteiger partial charge < -0.3 is 14.2 Å². The van der Waals surface area contributed by atoms with E-state index in [1.165, 1.54) is 0 Å². The van der Waals surface area contributed by atoms with Crippen molar-refractivity contribution in [3.8, 4) is 5.88 Å². The summed E-state index contributed by atoms with van der Waals surface area (Å²) in [7, 11) is 0. The Morgan fingerprint density at radius 3 is 3.04 bits per heavy atom. The lowest BCUT2D eigenvalue weighted by molar-refractivity contribution is 0.0705. The first-order chi connectivity index (χ1) is 11.6. The molecular formula is C17H22N4O3. The molecule has 1 saturated heterocycles. The van der Waals surface area contributed by atoms with Gasteiger partial charge in [0, 0.05) is 18.7 Å². The fourth-order valence-corrected chi connectivity index (χ4v) is 2.84. The van der Waals surface area contributed by atoms with E-state index in [9.17, 15) is 4.79 Å². The van der Waals surface area contributed by atoms with Crippen LogP contribution in [0, 0.1) is 0 Å². The molecule has 2 aromatic rings. The van der Waals surface area contributed by atoms with E-state index in [0.717, 1.165) is 12.8 Å². The number of ether oxygens (including phenoxy) is 1. The van der Waals surface area contributed by atoms with Crippen LogP contribution in [0.4, 0.5) is 0 Å². The van der Waals surface area contributed by atoms with Crippen molar-refractivity contribution < 1.29 is 14.1 Å². The SMILES string of the molecule is CCOc1ncccc1C(=O)N1CCC[C@H]1c1nc(C(C)C)no1. The third-order valence-corrected chi connectivity index (χ3v) is 4.06. The molecule has 3 rings (SSSR count). The van der Waals surface area contributed by atoms with Crippen molar-refractivity contribution in [3.63, 3.8) is 0 Å². The molecule has 0 spiro atoms. The number of hydrogen-bond acceptors (Lipinski definition) is 6. The van der Waals surface area contributed by atoms with Crippen molar-refractivity contribution in [1.29, 1.82) is 0 Å². The van der Waals surface area contributed by atoms with Gasteiger partial charge in [0.1, 0.15) is 11.6 Å². The summed E-state index contributed by atoms with van der Waals surface area (Å²) in [6.45, 7) is 7.01. The van der Waals surface area contributed by atoms with Gasteiger partial charge in [-0.1, -0.05) is 19.0 Å². The van der Waals surface area contributed by atoms with E-state index >= 15 is 0 Å². The molecule has 0 unspecified atom stereocenters. The number of carbonyl (C=O) groups excluding carboxylic acids is 1. The Hall–Kier alpha value is -2.44. The average Bonchev–Trinajstić information content (AvgIpc) is 3.24. The third-order valence-electron chi connectivity index (χ3n) is 4.06. The molecule has 2 aromatic heterocycles. The quantitative estimate of drug-likeness (QED) is 0.838. The van der Waals surface area contributed by atoms with E-state index in [2.05, 4.69) is 15.1 Å². The predicted octanol–water partition coefficient (Wildman–Crippen LogP) is 2.96. The van der Waals surface area contributed by atoms with Crippen molar-refractivity contribution in [2.75, 3.05) is 13.2 Å². The Morgan fingerprint density at radius 1 is 1.50 bits per heavy atom. The molecule has 128 valence electrons. The van der Waals surface area contributed by atoms with Crippen LogP contribution in [0.15, 0.2) is 22.9 Å². The van der Waals surface area contributed by atoms with Gasteiger partial charge in [0.15, 0.2) is 5.82 Å². The summed E-state index contributed by atoms with van der Waals surface area (Å²) in [5.41, 5.74) is 0.467. The smallest absolute Gasteiger partial charge is 0.260 e. The minimum absolute atomic E-state index is 0.113. The molecule has 1 atom stereocenters. The van der Waals surface area contributed by atoms with Crippen LogP contribution in [0.25, 0.3) is 0 Å². The monoisotopic (exact) mass is 330 g/mol. The number of amides is 1. The maximum Gasteiger partial charge on any atom is 0.260 e. The molecule has 3 heterocycles. The Morgan fingerprint density at radius 2 is 2.33 bits per heavy atom. The van der Waals surface area contributed by atoms with Crippen LogP contribution in [0.2, 0.25) is 0 Å². The first kappa shape index (κ1) is 16.4. The van der Waals surface area contributed by atoms with Gasteiger partial charge in [-0.3, -0.25) is 4.79 Å². The molecule has 24 heavy (non-hydrogen) atoms. The molecule has 1 aliphatic rings. The minimum atomic E-state index is -0.188. The zero-order valence-corrected chi connectivity index (χ0v) is 14.2. The van der Waals surface area contributed by atoms with Crippen LogP contribution in [0.5, 0.6) is 5.88 Å². The Bertz CT molecular complexity index is 713. The van der Waals surface area contributed by atoms with Gasteiger partial charge in [0.25, 0.3) is 5.91 Å². The zero-order valence-electron chi connectivity index (χ0n) is 14.2. The molecule has 0 radical (unpaired) electrons. The van der Waals surface area contributed by atoms with Crippen molar-refractivity contribution in [3.05, 3.63) is 35.6 Å². The molecule has 1 amide bonds. The van der Waals surface area contributed by atoms with Gasteiger partial charge in [0.2, 0.25) is 11.8 Å². The van der Waals surface area contributed by atoms with E-state index in [1.807, 2.05) is 20.8 Å². The lowest BCUT2D eigenvalue weighted by atomic mass is 10.2. The average molecular weight is 330 g/mol. The first-order valence-corrected chi connectivity index (χ1v) is 8.34. The summed E-state index contributed by atoms with van der Waals surface area (Å²) < 4.78 is 10.9. The topological polar surface area (TPSA) is 81.4 Å². The van der Waals surface area contributed by atoms with Crippen LogP contribution in [-0.4, -0.2) is 39.1 Å². The molecule has 0 saturated carbocycles. The van der Waals surface area contributed by atoms with Gasteiger partial charge in [-0.25, -0.2) is 4.98 Å². The Balaban J connectivity index is 1.86. The number of nitrogens with zero attached hydrogens (tertiary/aromatic N) is 4. The molecule has 1 aliphatic heterocycles. The maximum atomic E-state index is 13.0. The van der Waals surface area contributed by atoms with Crippen LogP contribution < -0.4 is 4.74 Å². The van der Waals surface area contributed by atoms with Crippen LogP contribution in [0.1, 0.15) is 67.6 Å². The van der Waals surface area contributed by atoms with E-state index < -0.39 is 0 Å². The Kier molecular flexibility index (Phi) is 4.78. The molecule has 7 nitrogen and oxygen atoms in total. The highest BCUT2D eigenvalue weighted by atomic mass is 16.5. The highest BCUT2D eigenvalue weighted by Gasteiger charge is 2.35. The van der Waals surface area contributed by atoms with Crippen molar-refractivity contribution >= 4 is 5.91 Å². The fraction of sp³-hybridized carbons (Fsp3) is 0.529. The highest BCUT2D eigenvalue weighted by molar-refractivity contribution is 5.96. The van der Waals surface area contributed by atoms with Gasteiger partial charge in [-0.15, -0.1) is 0 Å². The number of likely N-dealkylation sites (tertiary alicyclic amines) is 1. The predicted molar refractivity (Wildman–Crippen MR) is 86.8 cm³/mol. The first-order valence-electron chi connectivity index (χ1n) is 8.34. The minimum Gasteiger partial charge on any atom is -0.477 e. The molecule has 0 aliphatic carbocycles. The second kappa shape index (κ2) is 6.98. The fourth-order valence-electron chi connectivity index (χ4n) is 2.84. The van der Waals surface area contributed by atoms with Gasteiger partial charge >= 0.3 is 0 Å². The molecule has 1 fully saturated rings. The van der Waals surface area contributed by atoms with Crippen LogP contribution in [-0.2, 0) is 0 Å². The molecular weight excluding hydrogens is 308 g/mol. The van der Waals surface area contributed by atoms with Crippen molar-refractivity contribution in [2.45, 2.75) is 45.6 Å². The number of carbonyl (C=O) groups is 1. The highest BCUT2D eigenvalue weighted by Crippen LogP contribution is 2.33. The lowest BCUT2D eigenvalue weighted by Crippen LogP contribution is -2.31. The summed E-state index contributed by atoms with van der Waals surface area (Å²) in [6.07, 6.45) is 3.34. The lowest BCUT2D eigenvalue weighted by Gasteiger charge is -2.22. The van der Waals surface area contributed by atoms with Crippen LogP contribution in [0.3, 0.4) is 0 Å². The molecule has 0 aromatic carbocycles. The second-order valence-corrected chi connectivity index (χ2v) is 6.09. The van der Waals surface area contributed by atoms with Crippen molar-refractivity contribution in [1.82, 2.24) is 20.0 Å². The van der Waals surface area contributed by atoms with Gasteiger partial charge in [-0.2, -0.15) is 4.98 Å². The van der Waals surface area contributed by atoms with Crippen LogP contribution >= 0.6 is 0 Å². The summed E-state index contributed by atoms with van der Waals surface area (Å²) in [4.78, 5) is 23.4. The summed E-state index contributed by atoms with van der Waals surface area (Å²) in [5.74, 6) is 1.62. The van der Waals surface area contributed by atoms with Gasteiger partial charge in [0.05, 0.1) is 6.61 Å². The van der Waals surface area contributed by atoms with E-state index in [0.29, 0.717) is 36.3 Å². The van der Waals surface area contributed by atoms with Crippen molar-refractivity contribution in [2.24, 2.45) is 0 Å². The summed E-state index contributed by atoms with van der Waals surface area (Å²) >= 11 is 0. The number of hydrogen-bond donors (Lipinski definition) is 0. The summed E-state index contributed by atoms with van der Waals surface area (Å²) in [6, 6.07) is 3.29. The third kappa shape index (κ3) is 3.11. The maximum absolute atomic E-state index is 13.0. The molecule has 7 heteroatoms. The van der Waals surface area contributed by atoms with E-state index in [4.69, 9.17) is 9.26 Å². The number of pyridine rings is 1.